The molecule has 0 spiro atoms. The third kappa shape index (κ3) is 7.47. The summed E-state index contributed by atoms with van der Waals surface area (Å²) in [5.74, 6) is 0.314. The van der Waals surface area contributed by atoms with Gasteiger partial charge in [-0.25, -0.2) is 4.79 Å². The smallest absolute Gasteiger partial charge is 0.348 e. The number of nitriles is 1. The van der Waals surface area contributed by atoms with Crippen LogP contribution in [0.3, 0.4) is 0 Å². The van der Waals surface area contributed by atoms with Crippen molar-refractivity contribution in [3.05, 3.63) is 59.2 Å². The number of nitrogens with zero attached hydrogens (tertiary/aromatic N) is 1. The molecule has 0 aliphatic heterocycles. The van der Waals surface area contributed by atoms with E-state index < -0.39 is 11.9 Å². The molecule has 2 aromatic rings. The van der Waals surface area contributed by atoms with E-state index in [9.17, 15) is 14.9 Å². The van der Waals surface area contributed by atoms with Gasteiger partial charge in [-0.15, -0.1) is 0 Å². The summed E-state index contributed by atoms with van der Waals surface area (Å²) in [6, 6.07) is 14.2. The fraction of sp³-hybridized carbons (Fsp3) is 0.320. The van der Waals surface area contributed by atoms with E-state index >= 15 is 0 Å². The van der Waals surface area contributed by atoms with Crippen LogP contribution in [0, 0.1) is 11.3 Å². The molecule has 0 fully saturated rings. The molecule has 0 radical (unpaired) electrons. The Morgan fingerprint density at radius 2 is 1.66 bits per heavy atom. The van der Waals surface area contributed by atoms with Crippen molar-refractivity contribution < 1.29 is 28.5 Å². The van der Waals surface area contributed by atoms with Crippen LogP contribution in [-0.4, -0.2) is 31.8 Å². The molecule has 0 N–H and O–H groups in total. The molecule has 7 nitrogen and oxygen atoms in total. The van der Waals surface area contributed by atoms with Gasteiger partial charge in [-0.1, -0.05) is 18.2 Å². The van der Waals surface area contributed by atoms with Gasteiger partial charge in [0.25, 0.3) is 0 Å². The standard InChI is InChI=1S/C25H27NO6/c1-4-29-21-11-7-18(8-12-21)10-14-24(27)32-22-13-9-19(16-23(22)30-5-2)15-20(17-26)25(28)31-6-3/h7-9,11-13,15-16H,4-6,10,14H2,1-3H3/b20-15+. The predicted molar refractivity (Wildman–Crippen MR) is 119 cm³/mol. The molecule has 0 aliphatic rings. The lowest BCUT2D eigenvalue weighted by Crippen LogP contribution is -2.10. The highest BCUT2D eigenvalue weighted by Gasteiger charge is 2.14. The molecule has 0 bridgehead atoms. The van der Waals surface area contributed by atoms with Crippen LogP contribution in [0.2, 0.25) is 0 Å². The third-order valence-corrected chi connectivity index (χ3v) is 4.27. The Labute approximate surface area is 188 Å². The molecule has 168 valence electrons. The summed E-state index contributed by atoms with van der Waals surface area (Å²) >= 11 is 0. The molecule has 2 aromatic carbocycles. The quantitative estimate of drug-likeness (QED) is 0.221. The Bertz CT molecular complexity index is 988. The van der Waals surface area contributed by atoms with E-state index in [-0.39, 0.29) is 24.4 Å². The van der Waals surface area contributed by atoms with E-state index in [4.69, 9.17) is 18.9 Å². The number of carbonyl (C=O) groups excluding carboxylic acids is 2. The molecule has 0 amide bonds. The Kier molecular flexibility index (Phi) is 9.79. The van der Waals surface area contributed by atoms with Crippen molar-refractivity contribution in [1.82, 2.24) is 0 Å². The monoisotopic (exact) mass is 437 g/mol. The molecule has 0 unspecified atom stereocenters. The van der Waals surface area contributed by atoms with E-state index in [1.165, 1.54) is 6.08 Å². The van der Waals surface area contributed by atoms with Crippen molar-refractivity contribution in [2.45, 2.75) is 33.6 Å². The number of aryl methyl sites for hydroxylation is 1. The van der Waals surface area contributed by atoms with Gasteiger partial charge in [0.1, 0.15) is 17.4 Å². The minimum Gasteiger partial charge on any atom is -0.494 e. The second-order valence-electron chi connectivity index (χ2n) is 6.58. The van der Waals surface area contributed by atoms with E-state index in [0.717, 1.165) is 11.3 Å². The first-order valence-electron chi connectivity index (χ1n) is 10.5. The van der Waals surface area contributed by atoms with Crippen molar-refractivity contribution in [2.24, 2.45) is 0 Å². The SMILES string of the molecule is CCOC(=O)/C(C#N)=C/c1ccc(OC(=O)CCc2ccc(OCC)cc2)c(OCC)c1. The van der Waals surface area contributed by atoms with Crippen molar-refractivity contribution >= 4 is 18.0 Å². The van der Waals surface area contributed by atoms with Crippen LogP contribution in [0.5, 0.6) is 17.2 Å². The van der Waals surface area contributed by atoms with E-state index in [1.807, 2.05) is 37.3 Å². The normalized spacial score (nSPS) is 10.8. The van der Waals surface area contributed by atoms with Crippen LogP contribution < -0.4 is 14.2 Å². The lowest BCUT2D eigenvalue weighted by molar-refractivity contribution is -0.138. The number of benzene rings is 2. The Morgan fingerprint density at radius 3 is 2.28 bits per heavy atom. The highest BCUT2D eigenvalue weighted by molar-refractivity contribution is 5.98. The molecule has 32 heavy (non-hydrogen) atoms. The lowest BCUT2D eigenvalue weighted by atomic mass is 10.1. The summed E-state index contributed by atoms with van der Waals surface area (Å²) in [7, 11) is 0. The number of ether oxygens (including phenoxy) is 4. The largest absolute Gasteiger partial charge is 0.494 e. The first-order chi connectivity index (χ1) is 15.5. The van der Waals surface area contributed by atoms with Gasteiger partial charge < -0.3 is 18.9 Å². The first kappa shape index (κ1) is 24.5. The molecule has 0 heterocycles. The number of hydrogen-bond acceptors (Lipinski definition) is 7. The summed E-state index contributed by atoms with van der Waals surface area (Å²) in [5, 5.41) is 9.20. The molecule has 2 rings (SSSR count). The minimum atomic E-state index is -0.697. The summed E-state index contributed by atoms with van der Waals surface area (Å²) in [6.45, 7) is 6.52. The molecule has 0 saturated heterocycles. The van der Waals surface area contributed by atoms with Crippen molar-refractivity contribution in [3.8, 4) is 23.3 Å². The second kappa shape index (κ2) is 12.8. The van der Waals surface area contributed by atoms with Gasteiger partial charge >= 0.3 is 11.9 Å². The van der Waals surface area contributed by atoms with Crippen LogP contribution in [0.4, 0.5) is 0 Å². The van der Waals surface area contributed by atoms with Crippen LogP contribution in [0.15, 0.2) is 48.0 Å². The predicted octanol–water partition coefficient (Wildman–Crippen LogP) is 4.49. The molecule has 0 saturated carbocycles. The summed E-state index contributed by atoms with van der Waals surface area (Å²) in [6.07, 6.45) is 2.13. The van der Waals surface area contributed by atoms with Crippen LogP contribution >= 0.6 is 0 Å². The zero-order valence-electron chi connectivity index (χ0n) is 18.6. The van der Waals surface area contributed by atoms with Gasteiger partial charge in [0, 0.05) is 6.42 Å². The van der Waals surface area contributed by atoms with Crippen LogP contribution in [-0.2, 0) is 20.7 Å². The van der Waals surface area contributed by atoms with Gasteiger partial charge in [-0.2, -0.15) is 5.26 Å². The fourth-order valence-electron chi connectivity index (χ4n) is 2.82. The number of rotatable bonds is 11. The molecule has 0 aromatic heterocycles. The molecular weight excluding hydrogens is 410 g/mol. The van der Waals surface area contributed by atoms with Gasteiger partial charge in [0.15, 0.2) is 11.5 Å². The van der Waals surface area contributed by atoms with Gasteiger partial charge in [-0.05, 0) is 68.7 Å². The zero-order valence-corrected chi connectivity index (χ0v) is 18.6. The molecule has 0 atom stereocenters. The summed E-state index contributed by atoms with van der Waals surface area (Å²) in [5.41, 5.74) is 1.42. The van der Waals surface area contributed by atoms with Gasteiger partial charge in [0.05, 0.1) is 19.8 Å². The molecule has 0 aliphatic carbocycles. The first-order valence-corrected chi connectivity index (χ1v) is 10.5. The minimum absolute atomic E-state index is 0.130. The summed E-state index contributed by atoms with van der Waals surface area (Å²) in [4.78, 5) is 24.2. The van der Waals surface area contributed by atoms with Gasteiger partial charge in [0.2, 0.25) is 0 Å². The second-order valence-corrected chi connectivity index (χ2v) is 6.58. The summed E-state index contributed by atoms with van der Waals surface area (Å²) < 4.78 is 21.4. The Morgan fingerprint density at radius 1 is 0.938 bits per heavy atom. The zero-order chi connectivity index (χ0) is 23.3. The Hall–Kier alpha value is -3.79. The number of carbonyl (C=O) groups is 2. The maximum Gasteiger partial charge on any atom is 0.348 e. The van der Waals surface area contributed by atoms with E-state index in [1.54, 1.807) is 32.0 Å². The van der Waals surface area contributed by atoms with E-state index in [0.29, 0.717) is 30.9 Å². The Balaban J connectivity index is 2.07. The van der Waals surface area contributed by atoms with Crippen LogP contribution in [0.1, 0.15) is 38.3 Å². The van der Waals surface area contributed by atoms with Crippen molar-refractivity contribution in [2.75, 3.05) is 19.8 Å². The molecular formula is C25H27NO6. The topological polar surface area (TPSA) is 94.9 Å². The lowest BCUT2D eigenvalue weighted by Gasteiger charge is -2.12. The average molecular weight is 437 g/mol. The van der Waals surface area contributed by atoms with Crippen molar-refractivity contribution in [1.29, 1.82) is 5.26 Å². The maximum atomic E-state index is 12.4. The van der Waals surface area contributed by atoms with Crippen molar-refractivity contribution in [3.63, 3.8) is 0 Å². The molecule has 7 heteroatoms. The van der Waals surface area contributed by atoms with Gasteiger partial charge in [-0.3, -0.25) is 4.79 Å². The maximum absolute atomic E-state index is 12.4. The highest BCUT2D eigenvalue weighted by Crippen LogP contribution is 2.30. The van der Waals surface area contributed by atoms with Crippen LogP contribution in [0.25, 0.3) is 6.08 Å². The number of hydrogen-bond donors (Lipinski definition) is 0. The number of esters is 2. The van der Waals surface area contributed by atoms with E-state index in [2.05, 4.69) is 0 Å². The average Bonchev–Trinajstić information content (AvgIpc) is 2.79. The third-order valence-electron chi connectivity index (χ3n) is 4.27. The fourth-order valence-corrected chi connectivity index (χ4v) is 2.82. The highest BCUT2D eigenvalue weighted by atomic mass is 16.6.